The van der Waals surface area contributed by atoms with Gasteiger partial charge in [0.15, 0.2) is 0 Å². The van der Waals surface area contributed by atoms with E-state index in [9.17, 15) is 9.59 Å². The smallest absolute Gasteiger partial charge is 0.337 e. The minimum absolute atomic E-state index is 0.0409. The Bertz CT molecular complexity index is 520. The SMILES string of the molecule is COC(=O)c1cccc(N2CCN(C(=O)C(C)C)CC2)c1. The normalized spacial score (nSPS) is 15.2. The van der Waals surface area contributed by atoms with Crippen LogP contribution in [0.5, 0.6) is 0 Å². The molecule has 1 saturated heterocycles. The number of piperazine rings is 1. The predicted molar refractivity (Wildman–Crippen MR) is 81.4 cm³/mol. The average molecular weight is 290 g/mol. The van der Waals surface area contributed by atoms with Crippen LogP contribution in [0.25, 0.3) is 0 Å². The summed E-state index contributed by atoms with van der Waals surface area (Å²) >= 11 is 0. The molecule has 1 heterocycles. The van der Waals surface area contributed by atoms with Crippen molar-refractivity contribution in [3.05, 3.63) is 29.8 Å². The molecule has 21 heavy (non-hydrogen) atoms. The first kappa shape index (κ1) is 15.4. The van der Waals surface area contributed by atoms with Gasteiger partial charge in [0.2, 0.25) is 5.91 Å². The molecule has 0 unspecified atom stereocenters. The van der Waals surface area contributed by atoms with Crippen molar-refractivity contribution >= 4 is 17.6 Å². The monoisotopic (exact) mass is 290 g/mol. The lowest BCUT2D eigenvalue weighted by atomic mass is 10.1. The van der Waals surface area contributed by atoms with Gasteiger partial charge in [-0.1, -0.05) is 19.9 Å². The first-order valence-corrected chi connectivity index (χ1v) is 7.25. The van der Waals surface area contributed by atoms with Gasteiger partial charge in [-0.2, -0.15) is 0 Å². The van der Waals surface area contributed by atoms with Crippen molar-refractivity contribution in [3.63, 3.8) is 0 Å². The second-order valence-electron chi connectivity index (χ2n) is 5.51. The van der Waals surface area contributed by atoms with E-state index in [1.807, 2.05) is 36.9 Å². The van der Waals surface area contributed by atoms with Crippen LogP contribution in [-0.4, -0.2) is 50.1 Å². The van der Waals surface area contributed by atoms with Gasteiger partial charge in [0.25, 0.3) is 0 Å². The quantitative estimate of drug-likeness (QED) is 0.796. The number of ether oxygens (including phenoxy) is 1. The molecule has 0 saturated carbocycles. The van der Waals surface area contributed by atoms with Crippen molar-refractivity contribution in [2.45, 2.75) is 13.8 Å². The van der Waals surface area contributed by atoms with Crippen LogP contribution in [0.4, 0.5) is 5.69 Å². The molecule has 0 radical (unpaired) electrons. The van der Waals surface area contributed by atoms with Crippen LogP contribution in [0.15, 0.2) is 24.3 Å². The summed E-state index contributed by atoms with van der Waals surface area (Å²) in [6, 6.07) is 7.42. The molecule has 1 aromatic rings. The molecule has 0 atom stereocenters. The zero-order valence-electron chi connectivity index (χ0n) is 12.8. The molecule has 0 aromatic heterocycles. The Morgan fingerprint density at radius 3 is 2.38 bits per heavy atom. The number of amides is 1. The van der Waals surface area contributed by atoms with Crippen molar-refractivity contribution in [1.29, 1.82) is 0 Å². The summed E-state index contributed by atoms with van der Waals surface area (Å²) in [6.45, 7) is 6.86. The highest BCUT2D eigenvalue weighted by molar-refractivity contribution is 5.90. The molecule has 5 nitrogen and oxygen atoms in total. The molecule has 0 spiro atoms. The number of esters is 1. The molecule has 114 valence electrons. The minimum Gasteiger partial charge on any atom is -0.465 e. The maximum Gasteiger partial charge on any atom is 0.337 e. The van der Waals surface area contributed by atoms with Gasteiger partial charge in [0.05, 0.1) is 12.7 Å². The largest absolute Gasteiger partial charge is 0.465 e. The number of carbonyl (C=O) groups is 2. The van der Waals surface area contributed by atoms with Crippen LogP contribution in [0.2, 0.25) is 0 Å². The molecule has 2 rings (SSSR count). The van der Waals surface area contributed by atoms with Crippen LogP contribution >= 0.6 is 0 Å². The fraction of sp³-hybridized carbons (Fsp3) is 0.500. The van der Waals surface area contributed by atoms with Gasteiger partial charge in [0.1, 0.15) is 0 Å². The number of carbonyl (C=O) groups excluding carboxylic acids is 2. The van der Waals surface area contributed by atoms with Crippen molar-refractivity contribution in [3.8, 4) is 0 Å². The zero-order valence-corrected chi connectivity index (χ0v) is 12.8. The number of rotatable bonds is 3. The molecule has 1 aromatic carbocycles. The summed E-state index contributed by atoms with van der Waals surface area (Å²) in [5.74, 6) is -0.0809. The topological polar surface area (TPSA) is 49.9 Å². The average Bonchev–Trinajstić information content (AvgIpc) is 2.53. The number of anilines is 1. The Labute approximate surface area is 125 Å². The van der Waals surface area contributed by atoms with E-state index < -0.39 is 0 Å². The summed E-state index contributed by atoms with van der Waals surface area (Å²) in [5, 5.41) is 0. The number of hydrogen-bond acceptors (Lipinski definition) is 4. The molecule has 1 aliphatic rings. The Balaban J connectivity index is 2.02. The number of nitrogens with zero attached hydrogens (tertiary/aromatic N) is 2. The van der Waals surface area contributed by atoms with Crippen LogP contribution in [-0.2, 0) is 9.53 Å². The maximum absolute atomic E-state index is 12.0. The second kappa shape index (κ2) is 6.61. The van der Waals surface area contributed by atoms with E-state index in [-0.39, 0.29) is 17.8 Å². The van der Waals surface area contributed by atoms with Crippen molar-refractivity contribution < 1.29 is 14.3 Å². The summed E-state index contributed by atoms with van der Waals surface area (Å²) in [7, 11) is 1.38. The van der Waals surface area contributed by atoms with Crippen molar-refractivity contribution in [1.82, 2.24) is 4.90 Å². The third kappa shape index (κ3) is 3.54. The van der Waals surface area contributed by atoms with Crippen LogP contribution in [0.3, 0.4) is 0 Å². The van der Waals surface area contributed by atoms with Gasteiger partial charge in [-0.3, -0.25) is 4.79 Å². The number of methoxy groups -OCH3 is 1. The molecule has 1 fully saturated rings. The first-order valence-electron chi connectivity index (χ1n) is 7.25. The van der Waals surface area contributed by atoms with E-state index >= 15 is 0 Å². The lowest BCUT2D eigenvalue weighted by molar-refractivity contribution is -0.134. The fourth-order valence-corrected chi connectivity index (χ4v) is 2.50. The molecule has 0 N–H and O–H groups in total. The third-order valence-corrected chi connectivity index (χ3v) is 3.72. The van der Waals surface area contributed by atoms with E-state index in [4.69, 9.17) is 4.74 Å². The van der Waals surface area contributed by atoms with Crippen molar-refractivity contribution in [2.75, 3.05) is 38.2 Å². The number of hydrogen-bond donors (Lipinski definition) is 0. The molecular formula is C16H22N2O3. The Morgan fingerprint density at radius 1 is 1.14 bits per heavy atom. The van der Waals surface area contributed by atoms with Crippen LogP contribution in [0, 0.1) is 5.92 Å². The van der Waals surface area contributed by atoms with E-state index in [0.29, 0.717) is 5.56 Å². The van der Waals surface area contributed by atoms with E-state index in [1.54, 1.807) is 6.07 Å². The summed E-state index contributed by atoms with van der Waals surface area (Å²) < 4.78 is 4.74. The van der Waals surface area contributed by atoms with E-state index in [0.717, 1.165) is 31.9 Å². The number of benzene rings is 1. The Morgan fingerprint density at radius 2 is 1.81 bits per heavy atom. The van der Waals surface area contributed by atoms with Crippen LogP contribution in [0.1, 0.15) is 24.2 Å². The molecule has 1 amide bonds. The van der Waals surface area contributed by atoms with Gasteiger partial charge in [0, 0.05) is 37.8 Å². The van der Waals surface area contributed by atoms with E-state index in [1.165, 1.54) is 7.11 Å². The standard InChI is InChI=1S/C16H22N2O3/c1-12(2)15(19)18-9-7-17(8-10-18)14-6-4-5-13(11-14)16(20)21-3/h4-6,11-12H,7-10H2,1-3H3. The lowest BCUT2D eigenvalue weighted by Gasteiger charge is -2.37. The van der Waals surface area contributed by atoms with Crippen LogP contribution < -0.4 is 4.90 Å². The zero-order chi connectivity index (χ0) is 15.4. The highest BCUT2D eigenvalue weighted by atomic mass is 16.5. The first-order chi connectivity index (χ1) is 10.0. The maximum atomic E-state index is 12.0. The third-order valence-electron chi connectivity index (χ3n) is 3.72. The van der Waals surface area contributed by atoms with Gasteiger partial charge in [-0.05, 0) is 18.2 Å². The molecular weight excluding hydrogens is 268 g/mol. The summed E-state index contributed by atoms with van der Waals surface area (Å²) in [5.41, 5.74) is 1.55. The lowest BCUT2D eigenvalue weighted by Crippen LogP contribution is -2.49. The van der Waals surface area contributed by atoms with Crippen molar-refractivity contribution in [2.24, 2.45) is 5.92 Å². The minimum atomic E-state index is -0.328. The Hall–Kier alpha value is -2.04. The predicted octanol–water partition coefficient (Wildman–Crippen LogP) is 1.78. The fourth-order valence-electron chi connectivity index (χ4n) is 2.50. The molecule has 0 aliphatic carbocycles. The van der Waals surface area contributed by atoms with Gasteiger partial charge in [-0.15, -0.1) is 0 Å². The summed E-state index contributed by atoms with van der Waals surface area (Å²) in [6.07, 6.45) is 0. The highest BCUT2D eigenvalue weighted by Crippen LogP contribution is 2.19. The van der Waals surface area contributed by atoms with E-state index in [2.05, 4.69) is 4.90 Å². The molecule has 0 bridgehead atoms. The molecule has 1 aliphatic heterocycles. The summed E-state index contributed by atoms with van der Waals surface area (Å²) in [4.78, 5) is 27.6. The molecule has 5 heteroatoms. The van der Waals surface area contributed by atoms with Gasteiger partial charge in [-0.25, -0.2) is 4.79 Å². The second-order valence-corrected chi connectivity index (χ2v) is 5.51. The van der Waals surface area contributed by atoms with Gasteiger partial charge < -0.3 is 14.5 Å². The highest BCUT2D eigenvalue weighted by Gasteiger charge is 2.23. The Kier molecular flexibility index (Phi) is 4.83. The van der Waals surface area contributed by atoms with Gasteiger partial charge >= 0.3 is 5.97 Å².